The molecule has 0 radical (unpaired) electrons. The first kappa shape index (κ1) is 27.1. The first-order valence-electron chi connectivity index (χ1n) is 11.5. The molecular formula is C27H31ClN2O3S2. The van der Waals surface area contributed by atoms with Crippen molar-refractivity contribution in [2.45, 2.75) is 36.8 Å². The van der Waals surface area contributed by atoms with Gasteiger partial charge in [0.15, 0.2) is 0 Å². The summed E-state index contributed by atoms with van der Waals surface area (Å²) in [6.07, 6.45) is 0.783. The molecule has 0 saturated carbocycles. The van der Waals surface area contributed by atoms with E-state index in [1.807, 2.05) is 36.4 Å². The maximum atomic E-state index is 13.4. The Morgan fingerprint density at radius 3 is 2.37 bits per heavy atom. The van der Waals surface area contributed by atoms with Gasteiger partial charge in [0.1, 0.15) is 6.54 Å². The van der Waals surface area contributed by atoms with Gasteiger partial charge in [0.2, 0.25) is 5.91 Å². The predicted octanol–water partition coefficient (Wildman–Crippen LogP) is 6.10. The molecule has 5 nitrogen and oxygen atoms in total. The molecule has 3 aromatic rings. The number of nitrogens with one attached hydrogen (secondary N) is 1. The van der Waals surface area contributed by atoms with E-state index in [9.17, 15) is 13.2 Å². The van der Waals surface area contributed by atoms with Crippen LogP contribution >= 0.6 is 23.4 Å². The maximum absolute atomic E-state index is 13.4. The normalized spacial score (nSPS) is 11.4. The molecule has 8 heteroatoms. The summed E-state index contributed by atoms with van der Waals surface area (Å²) in [6, 6.07) is 23.3. The van der Waals surface area contributed by atoms with Crippen LogP contribution in [0.4, 0.5) is 5.69 Å². The third kappa shape index (κ3) is 8.02. The Labute approximate surface area is 217 Å². The summed E-state index contributed by atoms with van der Waals surface area (Å²) in [7, 11) is -3.90. The monoisotopic (exact) mass is 530 g/mol. The van der Waals surface area contributed by atoms with Gasteiger partial charge < -0.3 is 5.32 Å². The van der Waals surface area contributed by atoms with Crippen molar-refractivity contribution in [2.24, 2.45) is 0 Å². The lowest BCUT2D eigenvalue weighted by atomic mass is 10.0. The van der Waals surface area contributed by atoms with E-state index >= 15 is 0 Å². The van der Waals surface area contributed by atoms with Crippen LogP contribution in [0, 0.1) is 0 Å². The third-order valence-corrected chi connectivity index (χ3v) is 8.55. The molecule has 0 bridgehead atoms. The Kier molecular flexibility index (Phi) is 10.1. The second-order valence-electron chi connectivity index (χ2n) is 8.46. The number of hydrogen-bond donors (Lipinski definition) is 1. The zero-order valence-electron chi connectivity index (χ0n) is 20.0. The van der Waals surface area contributed by atoms with Gasteiger partial charge in [0, 0.05) is 17.3 Å². The van der Waals surface area contributed by atoms with E-state index in [4.69, 9.17) is 11.6 Å². The summed E-state index contributed by atoms with van der Waals surface area (Å²) >= 11 is 7.78. The summed E-state index contributed by atoms with van der Waals surface area (Å²) in [5.74, 6) is 1.71. The van der Waals surface area contributed by atoms with Gasteiger partial charge in [0.05, 0.1) is 10.6 Å². The van der Waals surface area contributed by atoms with Crippen LogP contribution in [-0.4, -0.2) is 33.2 Å². The van der Waals surface area contributed by atoms with E-state index in [1.54, 1.807) is 54.2 Å². The minimum absolute atomic E-state index is 0.151. The van der Waals surface area contributed by atoms with E-state index in [1.165, 1.54) is 4.31 Å². The van der Waals surface area contributed by atoms with Crippen LogP contribution in [0.25, 0.3) is 0 Å². The van der Waals surface area contributed by atoms with Crippen LogP contribution in [0.3, 0.4) is 0 Å². The number of amides is 1. The van der Waals surface area contributed by atoms with Crippen LogP contribution in [-0.2, 0) is 20.6 Å². The predicted molar refractivity (Wildman–Crippen MR) is 147 cm³/mol. The molecule has 0 spiro atoms. The van der Waals surface area contributed by atoms with Crippen LogP contribution in [0.1, 0.15) is 37.3 Å². The van der Waals surface area contributed by atoms with E-state index in [0.717, 1.165) is 34.1 Å². The lowest BCUT2D eigenvalue weighted by molar-refractivity contribution is -0.119. The topological polar surface area (TPSA) is 66.5 Å². The smallest absolute Gasteiger partial charge is 0.264 e. The highest BCUT2D eigenvalue weighted by Crippen LogP contribution is 2.26. The zero-order chi connectivity index (χ0) is 25.3. The molecule has 0 saturated heterocycles. The van der Waals surface area contributed by atoms with Crippen molar-refractivity contribution in [3.05, 3.63) is 95.0 Å². The number of nitrogens with zero attached hydrogens (tertiary/aromatic N) is 1. The van der Waals surface area contributed by atoms with Crippen molar-refractivity contribution in [3.8, 4) is 0 Å². The number of carbonyl (C=O) groups is 1. The van der Waals surface area contributed by atoms with Crippen LogP contribution < -0.4 is 9.62 Å². The molecule has 3 rings (SSSR count). The summed E-state index contributed by atoms with van der Waals surface area (Å²) in [4.78, 5) is 12.9. The van der Waals surface area contributed by atoms with E-state index < -0.39 is 10.0 Å². The SMILES string of the molecule is CC(C)c1ccc(N(CC(=O)NCCCSCc2cccc(Cl)c2)S(=O)(=O)c2ccccc2)cc1. The van der Waals surface area contributed by atoms with Crippen molar-refractivity contribution in [2.75, 3.05) is 23.1 Å². The molecule has 0 aliphatic heterocycles. The van der Waals surface area contributed by atoms with Crippen LogP contribution in [0.5, 0.6) is 0 Å². The Bertz CT molecular complexity index is 1200. The number of halogens is 1. The average molecular weight is 531 g/mol. The number of anilines is 1. The van der Waals surface area contributed by atoms with Gasteiger partial charge in [-0.05, 0) is 65.6 Å². The molecule has 0 aliphatic carbocycles. The fourth-order valence-corrected chi connectivity index (χ4v) is 6.03. The highest BCUT2D eigenvalue weighted by molar-refractivity contribution is 7.98. The standard InChI is InChI=1S/C27H31ClN2O3S2/c1-21(2)23-12-14-25(15-13-23)30(35(32,33)26-10-4-3-5-11-26)19-27(31)29-16-7-17-34-20-22-8-6-9-24(28)18-22/h3-6,8-15,18,21H,7,16-17,19-20H2,1-2H3,(H,29,31). The highest BCUT2D eigenvalue weighted by Gasteiger charge is 2.27. The van der Waals surface area contributed by atoms with Crippen molar-refractivity contribution in [3.63, 3.8) is 0 Å². The van der Waals surface area contributed by atoms with E-state index in [2.05, 4.69) is 19.2 Å². The maximum Gasteiger partial charge on any atom is 0.264 e. The van der Waals surface area contributed by atoms with Gasteiger partial charge in [-0.25, -0.2) is 8.42 Å². The minimum Gasteiger partial charge on any atom is -0.354 e. The van der Waals surface area contributed by atoms with Gasteiger partial charge in [-0.15, -0.1) is 0 Å². The number of thioether (sulfide) groups is 1. The molecule has 0 heterocycles. The van der Waals surface area contributed by atoms with Gasteiger partial charge in [-0.2, -0.15) is 11.8 Å². The van der Waals surface area contributed by atoms with Crippen molar-refractivity contribution >= 4 is 45.0 Å². The lowest BCUT2D eigenvalue weighted by Crippen LogP contribution is -2.41. The first-order valence-corrected chi connectivity index (χ1v) is 14.5. The Hall–Kier alpha value is -2.48. The van der Waals surface area contributed by atoms with Crippen molar-refractivity contribution < 1.29 is 13.2 Å². The quantitative estimate of drug-likeness (QED) is 0.287. The Balaban J connectivity index is 1.60. The lowest BCUT2D eigenvalue weighted by Gasteiger charge is -2.24. The fourth-order valence-electron chi connectivity index (χ4n) is 3.47. The van der Waals surface area contributed by atoms with Gasteiger partial charge in [-0.1, -0.05) is 67.9 Å². The minimum atomic E-state index is -3.90. The van der Waals surface area contributed by atoms with Gasteiger partial charge >= 0.3 is 0 Å². The Morgan fingerprint density at radius 1 is 1.00 bits per heavy atom. The molecule has 0 aromatic heterocycles. The molecule has 0 aliphatic rings. The summed E-state index contributed by atoms with van der Waals surface area (Å²) < 4.78 is 28.0. The van der Waals surface area contributed by atoms with Crippen molar-refractivity contribution in [1.82, 2.24) is 5.32 Å². The van der Waals surface area contributed by atoms with Crippen molar-refractivity contribution in [1.29, 1.82) is 0 Å². The molecule has 3 aromatic carbocycles. The highest BCUT2D eigenvalue weighted by atomic mass is 35.5. The zero-order valence-corrected chi connectivity index (χ0v) is 22.4. The molecule has 35 heavy (non-hydrogen) atoms. The van der Waals surface area contributed by atoms with E-state index in [-0.39, 0.29) is 17.3 Å². The average Bonchev–Trinajstić information content (AvgIpc) is 2.85. The molecule has 0 fully saturated rings. The molecule has 1 N–H and O–H groups in total. The number of rotatable bonds is 12. The first-order chi connectivity index (χ1) is 16.8. The fraction of sp³-hybridized carbons (Fsp3) is 0.296. The summed E-state index contributed by atoms with van der Waals surface area (Å²) in [5, 5.41) is 3.59. The number of carbonyl (C=O) groups excluding carboxylic acids is 1. The van der Waals surface area contributed by atoms with Crippen LogP contribution in [0.2, 0.25) is 5.02 Å². The number of benzene rings is 3. The second-order valence-corrected chi connectivity index (χ2v) is 11.9. The number of sulfonamides is 1. The van der Waals surface area contributed by atoms with Crippen LogP contribution in [0.15, 0.2) is 83.8 Å². The van der Waals surface area contributed by atoms with Gasteiger partial charge in [0.25, 0.3) is 10.0 Å². The largest absolute Gasteiger partial charge is 0.354 e. The summed E-state index contributed by atoms with van der Waals surface area (Å²) in [6.45, 7) is 4.35. The molecule has 1 amide bonds. The molecule has 186 valence electrons. The van der Waals surface area contributed by atoms with E-state index in [0.29, 0.717) is 18.2 Å². The summed E-state index contributed by atoms with van der Waals surface area (Å²) in [5.41, 5.74) is 2.73. The Morgan fingerprint density at radius 2 is 1.71 bits per heavy atom. The third-order valence-electron chi connectivity index (χ3n) is 5.41. The molecule has 0 atom stereocenters. The number of hydrogen-bond acceptors (Lipinski definition) is 4. The van der Waals surface area contributed by atoms with Gasteiger partial charge in [-0.3, -0.25) is 9.10 Å². The molecular weight excluding hydrogens is 500 g/mol. The second kappa shape index (κ2) is 13.0. The molecule has 0 unspecified atom stereocenters.